The van der Waals surface area contributed by atoms with E-state index in [2.05, 4.69) is 17.5 Å². The number of hydrogen-bond donors (Lipinski definition) is 2. The van der Waals surface area contributed by atoms with Crippen molar-refractivity contribution in [1.82, 2.24) is 9.62 Å². The third-order valence-electron chi connectivity index (χ3n) is 1.56. The lowest BCUT2D eigenvalue weighted by Gasteiger charge is -2.37. The number of hydrogen-bond acceptors (Lipinski definition) is 3. The quantitative estimate of drug-likeness (QED) is 0.527. The smallest absolute Gasteiger partial charge is 0.327 e. The van der Waals surface area contributed by atoms with Crippen LogP contribution in [0.2, 0.25) is 0 Å². The number of carbonyl (C=O) groups excluding carboxylic acids is 1. The zero-order valence-electron chi connectivity index (χ0n) is 5.70. The second kappa shape index (κ2) is 3.12. The van der Waals surface area contributed by atoms with E-state index in [0.29, 0.717) is 13.1 Å². The number of ether oxygens (including phenoxy) is 1. The molecule has 1 heterocycles. The van der Waals surface area contributed by atoms with Gasteiger partial charge in [-0.05, 0) is 0 Å². The molecule has 0 aromatic rings. The molecule has 0 aromatic heterocycles. The summed E-state index contributed by atoms with van der Waals surface area (Å²) in [7, 11) is 1.64. The van der Waals surface area contributed by atoms with E-state index in [0.717, 1.165) is 0 Å². The van der Waals surface area contributed by atoms with Gasteiger partial charge in [0.25, 0.3) is 0 Å². The number of thiol groups is 1. The molecule has 0 atom stereocenters. The summed E-state index contributed by atoms with van der Waals surface area (Å²) in [4.78, 5) is 12.4. The van der Waals surface area contributed by atoms with Crippen LogP contribution in [0.5, 0.6) is 0 Å². The van der Waals surface area contributed by atoms with Crippen LogP contribution >= 0.6 is 12.8 Å². The lowest BCUT2D eigenvalue weighted by atomic mass is 10.2. The summed E-state index contributed by atoms with van der Waals surface area (Å²) in [5, 5.41) is 0. The van der Waals surface area contributed by atoms with E-state index in [1.54, 1.807) is 12.0 Å². The van der Waals surface area contributed by atoms with Crippen LogP contribution in [0.15, 0.2) is 0 Å². The van der Waals surface area contributed by atoms with Crippen LogP contribution < -0.4 is 4.72 Å². The summed E-state index contributed by atoms with van der Waals surface area (Å²) in [6.07, 6.45) is 0.214. The van der Waals surface area contributed by atoms with Gasteiger partial charge in [-0.25, -0.2) is 4.79 Å². The molecule has 58 valence electrons. The Bertz CT molecular complexity index is 136. The fraction of sp³-hybridized carbons (Fsp3) is 0.800. The molecule has 0 aromatic carbocycles. The van der Waals surface area contributed by atoms with Gasteiger partial charge in [-0.15, -0.1) is 0 Å². The van der Waals surface area contributed by atoms with Crippen LogP contribution in [0, 0.1) is 0 Å². The lowest BCUT2D eigenvalue weighted by molar-refractivity contribution is -0.00633. The summed E-state index contributed by atoms with van der Waals surface area (Å²) in [6, 6.07) is -0.156. The fourth-order valence-corrected chi connectivity index (χ4v) is 0.965. The van der Waals surface area contributed by atoms with Crippen LogP contribution in [0.1, 0.15) is 0 Å². The zero-order valence-corrected chi connectivity index (χ0v) is 6.60. The summed E-state index contributed by atoms with van der Waals surface area (Å²) in [5.41, 5.74) is 0. The van der Waals surface area contributed by atoms with Gasteiger partial charge in [0.15, 0.2) is 0 Å². The molecule has 1 N–H and O–H groups in total. The summed E-state index contributed by atoms with van der Waals surface area (Å²) >= 11 is 3.62. The maximum Gasteiger partial charge on any atom is 0.327 e. The molecule has 0 spiro atoms. The van der Waals surface area contributed by atoms with Gasteiger partial charge < -0.3 is 9.64 Å². The van der Waals surface area contributed by atoms with Crippen LogP contribution in [-0.2, 0) is 4.74 Å². The van der Waals surface area contributed by atoms with E-state index in [4.69, 9.17) is 4.74 Å². The third kappa shape index (κ3) is 1.35. The minimum absolute atomic E-state index is 0.156. The predicted molar refractivity (Wildman–Crippen MR) is 39.9 cm³/mol. The molecule has 1 rings (SSSR count). The number of amides is 2. The molecule has 0 unspecified atom stereocenters. The van der Waals surface area contributed by atoms with Gasteiger partial charge >= 0.3 is 6.03 Å². The molecule has 0 aliphatic carbocycles. The van der Waals surface area contributed by atoms with Crippen LogP contribution in [0.3, 0.4) is 0 Å². The Balaban J connectivity index is 2.19. The Hall–Kier alpha value is -0.420. The normalized spacial score (nSPS) is 18.4. The molecule has 1 saturated heterocycles. The summed E-state index contributed by atoms with van der Waals surface area (Å²) < 4.78 is 7.20. The molecule has 0 bridgehead atoms. The number of nitrogens with one attached hydrogen (secondary N) is 1. The average molecular weight is 162 g/mol. The molecule has 1 fully saturated rings. The number of likely N-dealkylation sites (tertiary alicyclic amines) is 1. The molecule has 0 saturated carbocycles. The van der Waals surface area contributed by atoms with Crippen molar-refractivity contribution in [3.63, 3.8) is 0 Å². The molecule has 1 aliphatic rings. The number of rotatable bonds is 1. The van der Waals surface area contributed by atoms with E-state index in [1.165, 1.54) is 0 Å². The van der Waals surface area contributed by atoms with Gasteiger partial charge in [0.2, 0.25) is 0 Å². The first kappa shape index (κ1) is 7.68. The van der Waals surface area contributed by atoms with E-state index in [-0.39, 0.29) is 12.1 Å². The Kier molecular flexibility index (Phi) is 2.39. The molecule has 5 heteroatoms. The number of carbonyl (C=O) groups is 1. The van der Waals surface area contributed by atoms with E-state index in [9.17, 15) is 4.79 Å². The highest BCUT2D eigenvalue weighted by atomic mass is 32.1. The minimum atomic E-state index is -0.156. The van der Waals surface area contributed by atoms with Gasteiger partial charge in [-0.1, -0.05) is 12.8 Å². The highest BCUT2D eigenvalue weighted by molar-refractivity contribution is 7.78. The zero-order chi connectivity index (χ0) is 7.56. The van der Waals surface area contributed by atoms with Gasteiger partial charge in [-0.3, -0.25) is 4.72 Å². The second-order valence-electron chi connectivity index (χ2n) is 2.18. The maximum absolute atomic E-state index is 10.7. The van der Waals surface area contributed by atoms with Crippen molar-refractivity contribution in [3.05, 3.63) is 0 Å². The lowest BCUT2D eigenvalue weighted by Crippen LogP contribution is -2.56. The first-order valence-corrected chi connectivity index (χ1v) is 3.44. The van der Waals surface area contributed by atoms with Crippen molar-refractivity contribution in [2.75, 3.05) is 20.2 Å². The average Bonchev–Trinajstić information content (AvgIpc) is 1.85. The Morgan fingerprint density at radius 1 is 1.80 bits per heavy atom. The largest absolute Gasteiger partial charge is 0.378 e. The van der Waals surface area contributed by atoms with Gasteiger partial charge in [0, 0.05) is 7.11 Å². The van der Waals surface area contributed by atoms with E-state index < -0.39 is 0 Å². The predicted octanol–water partition coefficient (Wildman–Crippen LogP) is -0.129. The standard InChI is InChI=1S/C5H10N2O2S/c1-9-4-2-7(3-4)5(8)6-10/h4,10H,2-3H2,1H3,(H,6,8). The molecular weight excluding hydrogens is 152 g/mol. The molecule has 0 radical (unpaired) electrons. The summed E-state index contributed by atoms with van der Waals surface area (Å²) in [5.74, 6) is 0. The highest BCUT2D eigenvalue weighted by Gasteiger charge is 2.29. The number of urea groups is 1. The van der Waals surface area contributed by atoms with Crippen molar-refractivity contribution in [2.24, 2.45) is 0 Å². The molecule has 1 aliphatic heterocycles. The van der Waals surface area contributed by atoms with Crippen LogP contribution in [0.25, 0.3) is 0 Å². The Morgan fingerprint density at radius 2 is 2.40 bits per heavy atom. The van der Waals surface area contributed by atoms with Crippen molar-refractivity contribution >= 4 is 18.8 Å². The molecule has 4 nitrogen and oxygen atoms in total. The minimum Gasteiger partial charge on any atom is -0.378 e. The van der Waals surface area contributed by atoms with Crippen molar-refractivity contribution in [3.8, 4) is 0 Å². The monoisotopic (exact) mass is 162 g/mol. The second-order valence-corrected chi connectivity index (χ2v) is 2.40. The Labute approximate surface area is 65.1 Å². The third-order valence-corrected chi connectivity index (χ3v) is 1.76. The van der Waals surface area contributed by atoms with Gasteiger partial charge in [0.1, 0.15) is 0 Å². The molecule has 10 heavy (non-hydrogen) atoms. The fourth-order valence-electron chi connectivity index (χ4n) is 0.824. The van der Waals surface area contributed by atoms with Crippen molar-refractivity contribution in [2.45, 2.75) is 6.10 Å². The number of methoxy groups -OCH3 is 1. The molecular formula is C5H10N2O2S. The maximum atomic E-state index is 10.7. The Morgan fingerprint density at radius 3 is 2.80 bits per heavy atom. The van der Waals surface area contributed by atoms with E-state index in [1.807, 2.05) is 0 Å². The van der Waals surface area contributed by atoms with Crippen molar-refractivity contribution < 1.29 is 9.53 Å². The van der Waals surface area contributed by atoms with Gasteiger partial charge in [0.05, 0.1) is 19.2 Å². The summed E-state index contributed by atoms with van der Waals surface area (Å²) in [6.45, 7) is 1.34. The highest BCUT2D eigenvalue weighted by Crippen LogP contribution is 2.09. The van der Waals surface area contributed by atoms with Crippen LogP contribution in [-0.4, -0.2) is 37.2 Å². The SMILES string of the molecule is COC1CN(C(=O)NS)C1. The van der Waals surface area contributed by atoms with E-state index >= 15 is 0 Å². The molecule has 2 amide bonds. The van der Waals surface area contributed by atoms with Gasteiger partial charge in [-0.2, -0.15) is 0 Å². The van der Waals surface area contributed by atoms with Crippen LogP contribution in [0.4, 0.5) is 4.79 Å². The number of nitrogens with zero attached hydrogens (tertiary/aromatic N) is 1. The first-order valence-electron chi connectivity index (χ1n) is 2.99. The van der Waals surface area contributed by atoms with Crippen molar-refractivity contribution in [1.29, 1.82) is 0 Å². The topological polar surface area (TPSA) is 41.6 Å². The first-order chi connectivity index (χ1) is 4.77.